The van der Waals surface area contributed by atoms with Crippen molar-refractivity contribution in [2.45, 2.75) is 13.1 Å². The lowest BCUT2D eigenvalue weighted by atomic mass is 10.7. The topological polar surface area (TPSA) is 26.3 Å². The zero-order valence-corrected chi connectivity index (χ0v) is 10.8. The lowest BCUT2D eigenvalue weighted by molar-refractivity contribution is -0.144. The van der Waals surface area contributed by atoms with Crippen LogP contribution in [0.5, 0.6) is 0 Å². The highest BCUT2D eigenvalue weighted by atomic mass is 35.6. The van der Waals surface area contributed by atoms with Crippen LogP contribution in [-0.2, 0) is 9.53 Å². The minimum Gasteiger partial charge on any atom is -0.438 e. The predicted molar refractivity (Wildman–Crippen MR) is 56.3 cm³/mol. The average Bonchev–Trinajstić information content (AvgIpc) is 1.82. The normalized spacial score (nSPS) is 15.3. The molecule has 9 heteroatoms. The molecule has 78 valence electrons. The van der Waals surface area contributed by atoms with E-state index in [0.717, 1.165) is 0 Å². The number of halogens is 7. The molecule has 0 saturated carbocycles. The number of rotatable bonds is 1. The lowest BCUT2D eigenvalue weighted by Crippen LogP contribution is -2.31. The highest BCUT2D eigenvalue weighted by Gasteiger charge is 2.40. The van der Waals surface area contributed by atoms with Gasteiger partial charge in [0.1, 0.15) is 0 Å². The minimum atomic E-state index is -2.25. The van der Waals surface area contributed by atoms with Gasteiger partial charge in [-0.3, -0.25) is 0 Å². The van der Waals surface area contributed by atoms with Crippen molar-refractivity contribution in [1.82, 2.24) is 0 Å². The Morgan fingerprint density at radius 1 is 1.08 bits per heavy atom. The van der Waals surface area contributed by atoms with Crippen molar-refractivity contribution >= 4 is 87.2 Å². The second-order valence-corrected chi connectivity index (χ2v) is 6.81. The molecule has 0 spiro atoms. The predicted octanol–water partition coefficient (Wildman–Crippen LogP) is 3.83. The molecule has 1 atom stereocenters. The van der Waals surface area contributed by atoms with E-state index >= 15 is 0 Å². The first-order valence-electron chi connectivity index (χ1n) is 2.53. The fourth-order valence-corrected chi connectivity index (χ4v) is 0.576. The fourth-order valence-electron chi connectivity index (χ4n) is 0.228. The third-order valence-corrected chi connectivity index (χ3v) is 2.51. The molecule has 0 aliphatic carbocycles. The molecule has 0 heterocycles. The van der Waals surface area contributed by atoms with E-state index in [-0.39, 0.29) is 0 Å². The molecule has 0 aliphatic rings. The van der Waals surface area contributed by atoms with Gasteiger partial charge in [0.25, 0.3) is 3.79 Å². The van der Waals surface area contributed by atoms with Crippen LogP contribution in [-0.4, -0.2) is 19.1 Å². The molecule has 0 aromatic carbocycles. The van der Waals surface area contributed by atoms with Gasteiger partial charge in [0, 0.05) is 0 Å². The van der Waals surface area contributed by atoms with Crippen molar-refractivity contribution in [1.29, 1.82) is 0 Å². The number of esters is 1. The molecule has 0 N–H and O–H groups in total. The Bertz CT molecular complexity index is 192. The van der Waals surface area contributed by atoms with E-state index < -0.39 is 19.1 Å². The first-order valence-corrected chi connectivity index (χ1v) is 5.24. The summed E-state index contributed by atoms with van der Waals surface area (Å²) in [6.45, 7) is 0. The van der Waals surface area contributed by atoms with Crippen LogP contribution < -0.4 is 0 Å². The Morgan fingerprint density at radius 2 is 1.46 bits per heavy atom. The first kappa shape index (κ1) is 14.5. The van der Waals surface area contributed by atoms with Gasteiger partial charge in [0.2, 0.25) is 9.36 Å². The van der Waals surface area contributed by atoms with Crippen molar-refractivity contribution in [3.63, 3.8) is 0 Å². The second-order valence-electron chi connectivity index (χ2n) is 1.76. The smallest absolute Gasteiger partial charge is 0.360 e. The Morgan fingerprint density at radius 3 is 1.69 bits per heavy atom. The van der Waals surface area contributed by atoms with E-state index in [1.54, 1.807) is 0 Å². The van der Waals surface area contributed by atoms with Gasteiger partial charge in [-0.2, -0.15) is 0 Å². The molecule has 0 rings (SSSR count). The van der Waals surface area contributed by atoms with Crippen LogP contribution in [0.4, 0.5) is 0 Å². The Labute approximate surface area is 109 Å². The quantitative estimate of drug-likeness (QED) is 0.540. The molecule has 13 heavy (non-hydrogen) atoms. The Kier molecular flexibility index (Phi) is 5.60. The van der Waals surface area contributed by atoms with Crippen LogP contribution in [0.3, 0.4) is 0 Å². The summed E-state index contributed by atoms with van der Waals surface area (Å²) in [5.41, 5.74) is -1.53. The van der Waals surface area contributed by atoms with Crippen LogP contribution in [0.25, 0.3) is 0 Å². The van der Waals surface area contributed by atoms with Crippen LogP contribution >= 0.6 is 81.2 Å². The molecule has 0 aromatic rings. The highest BCUT2D eigenvalue weighted by Crippen LogP contribution is 2.36. The van der Waals surface area contributed by atoms with Gasteiger partial charge in [0.05, 0.1) is 0 Å². The molecule has 2 nitrogen and oxygen atoms in total. The van der Waals surface area contributed by atoms with E-state index in [4.69, 9.17) is 81.2 Å². The maximum Gasteiger partial charge on any atom is 0.360 e. The summed E-state index contributed by atoms with van der Waals surface area (Å²) < 4.78 is 0.0880. The number of hydrogen-bond acceptors (Lipinski definition) is 2. The Balaban J connectivity index is 4.24. The van der Waals surface area contributed by atoms with Gasteiger partial charge in [-0.05, 0) is 0 Å². The molecule has 0 bridgehead atoms. The van der Waals surface area contributed by atoms with Crippen LogP contribution in [0.1, 0.15) is 0 Å². The maximum absolute atomic E-state index is 10.8. The molecule has 0 amide bonds. The summed E-state index contributed by atoms with van der Waals surface area (Å²) in [5.74, 6) is -1.22. The zero-order valence-electron chi connectivity index (χ0n) is 5.54. The van der Waals surface area contributed by atoms with E-state index in [1.165, 1.54) is 0 Å². The van der Waals surface area contributed by atoms with Gasteiger partial charge >= 0.3 is 5.97 Å². The maximum atomic E-state index is 10.8. The number of carbonyl (C=O) groups excluding carboxylic acids is 1. The van der Waals surface area contributed by atoms with Gasteiger partial charge in [-0.15, -0.1) is 0 Å². The van der Waals surface area contributed by atoms with E-state index in [0.29, 0.717) is 0 Å². The summed E-state index contributed by atoms with van der Waals surface area (Å²) in [6.07, 6.45) is 0. The summed E-state index contributed by atoms with van der Waals surface area (Å²) in [6, 6.07) is 0. The van der Waals surface area contributed by atoms with Gasteiger partial charge in [-0.25, -0.2) is 4.79 Å². The fraction of sp³-hybridized carbons (Fsp3) is 0.750. The number of ether oxygens (including phenoxy) is 1. The highest BCUT2D eigenvalue weighted by molar-refractivity contribution is 6.76. The largest absolute Gasteiger partial charge is 0.438 e. The summed E-state index contributed by atoms with van der Waals surface area (Å²) >= 11 is 36.6. The third kappa shape index (κ3) is 5.83. The monoisotopic (exact) mass is 326 g/mol. The molecule has 0 aliphatic heterocycles. The van der Waals surface area contributed by atoms with E-state index in [2.05, 4.69) is 4.74 Å². The van der Waals surface area contributed by atoms with E-state index in [1.807, 2.05) is 0 Å². The summed E-state index contributed by atoms with van der Waals surface area (Å²) in [5, 5.41) is 0. The molecule has 0 fully saturated rings. The van der Waals surface area contributed by atoms with Crippen molar-refractivity contribution in [3.8, 4) is 0 Å². The minimum absolute atomic E-state index is 1.22. The molecule has 0 aromatic heterocycles. The average molecular weight is 329 g/mol. The van der Waals surface area contributed by atoms with E-state index in [9.17, 15) is 4.79 Å². The lowest BCUT2D eigenvalue weighted by Gasteiger charge is -2.20. The van der Waals surface area contributed by atoms with Crippen LogP contribution in [0.15, 0.2) is 0 Å². The van der Waals surface area contributed by atoms with Gasteiger partial charge < -0.3 is 4.74 Å². The SMILES string of the molecule is O=C(OC(Cl)C(Cl)(Cl)Cl)C(Cl)(Cl)Cl. The molecule has 0 saturated heterocycles. The second kappa shape index (κ2) is 5.02. The van der Waals surface area contributed by atoms with Crippen LogP contribution in [0, 0.1) is 0 Å². The Hall–Kier alpha value is 1.50. The van der Waals surface area contributed by atoms with Crippen molar-refractivity contribution in [2.75, 3.05) is 0 Å². The van der Waals surface area contributed by atoms with Crippen molar-refractivity contribution in [2.24, 2.45) is 0 Å². The first-order chi connectivity index (χ1) is 5.55. The standard InChI is InChI=1S/C4HCl7O2/c5-1(3(6,7)8)13-2(12)4(9,10)11/h1H. The molecule has 1 unspecified atom stereocenters. The van der Waals surface area contributed by atoms with Crippen molar-refractivity contribution in [3.05, 3.63) is 0 Å². The van der Waals surface area contributed by atoms with Crippen molar-refractivity contribution < 1.29 is 9.53 Å². The molecular weight excluding hydrogens is 328 g/mol. The zero-order chi connectivity index (χ0) is 10.9. The third-order valence-electron chi connectivity index (χ3n) is 0.699. The molecule has 0 radical (unpaired) electrons. The van der Waals surface area contributed by atoms with Gasteiger partial charge in [-0.1, -0.05) is 81.2 Å². The number of carbonyl (C=O) groups is 1. The number of alkyl halides is 7. The summed E-state index contributed by atoms with van der Waals surface area (Å²) in [7, 11) is 0. The van der Waals surface area contributed by atoms with Crippen LogP contribution in [0.2, 0.25) is 0 Å². The van der Waals surface area contributed by atoms with Gasteiger partial charge in [0.15, 0.2) is 0 Å². The molecular formula is C4HCl7O2. The number of hydrogen-bond donors (Lipinski definition) is 0. The summed E-state index contributed by atoms with van der Waals surface area (Å²) in [4.78, 5) is 10.8.